The van der Waals surface area contributed by atoms with Crippen molar-refractivity contribution in [3.05, 3.63) is 95.4 Å². The Bertz CT molecular complexity index is 1060. The molecule has 2 heteroatoms. The number of hydrogen-bond acceptors (Lipinski definition) is 1. The van der Waals surface area contributed by atoms with Gasteiger partial charge in [-0.25, -0.2) is 0 Å². The summed E-state index contributed by atoms with van der Waals surface area (Å²) in [6.45, 7) is 0. The third kappa shape index (κ3) is 3.37. The zero-order valence-electron chi connectivity index (χ0n) is 14.6. The summed E-state index contributed by atoms with van der Waals surface area (Å²) >= 11 is 1.66. The molecule has 0 saturated heterocycles. The average molecular weight is 355 g/mol. The number of ether oxygens (including phenoxy) is 1. The van der Waals surface area contributed by atoms with Gasteiger partial charge in [-0.05, 0) is 34.0 Å². The van der Waals surface area contributed by atoms with Crippen molar-refractivity contribution in [2.45, 2.75) is 0 Å². The minimum absolute atomic E-state index is 0.927. The Morgan fingerprint density at radius 2 is 1.46 bits per heavy atom. The summed E-state index contributed by atoms with van der Waals surface area (Å²) in [5, 5.41) is 3.41. The maximum absolute atomic E-state index is 5.73. The van der Waals surface area contributed by atoms with Crippen LogP contribution in [0.2, 0.25) is 0 Å². The average Bonchev–Trinajstić information content (AvgIpc) is 2.72. The van der Waals surface area contributed by atoms with E-state index in [2.05, 4.69) is 78.9 Å². The predicted octanol–water partition coefficient (Wildman–Crippen LogP) is 7.03. The SMILES string of the molecule is COc1[s+]c(C=Cc2ccccc2)ccc1-c1cccc2ccccc12. The first-order valence-corrected chi connectivity index (χ1v) is 9.39. The third-order valence-corrected chi connectivity index (χ3v) is 5.43. The lowest BCUT2D eigenvalue weighted by Crippen LogP contribution is -1.88. The van der Waals surface area contributed by atoms with Crippen LogP contribution in [0.3, 0.4) is 0 Å². The van der Waals surface area contributed by atoms with Crippen LogP contribution < -0.4 is 4.74 Å². The molecule has 0 aliphatic carbocycles. The van der Waals surface area contributed by atoms with Crippen molar-refractivity contribution in [3.8, 4) is 16.2 Å². The molecule has 0 N–H and O–H groups in total. The Hall–Kier alpha value is -2.97. The first-order valence-electron chi connectivity index (χ1n) is 8.57. The molecule has 0 bridgehead atoms. The van der Waals surface area contributed by atoms with Crippen LogP contribution in [0.5, 0.6) is 5.06 Å². The molecular weight excluding hydrogens is 336 g/mol. The summed E-state index contributed by atoms with van der Waals surface area (Å²) in [6.07, 6.45) is 4.26. The predicted molar refractivity (Wildman–Crippen MR) is 114 cm³/mol. The summed E-state index contributed by atoms with van der Waals surface area (Å²) in [5.74, 6) is 0. The van der Waals surface area contributed by atoms with E-state index in [0.717, 1.165) is 15.5 Å². The second kappa shape index (κ2) is 7.51. The van der Waals surface area contributed by atoms with Crippen molar-refractivity contribution in [1.82, 2.24) is 0 Å². The Morgan fingerprint density at radius 1 is 0.692 bits per heavy atom. The number of benzene rings is 3. The molecule has 1 heterocycles. The molecule has 3 aromatic carbocycles. The highest BCUT2D eigenvalue weighted by molar-refractivity contribution is 7.14. The monoisotopic (exact) mass is 355 g/mol. The maximum Gasteiger partial charge on any atom is 0.393 e. The van der Waals surface area contributed by atoms with E-state index in [1.165, 1.54) is 21.9 Å². The quantitative estimate of drug-likeness (QED) is 0.357. The molecule has 4 rings (SSSR count). The third-order valence-electron chi connectivity index (χ3n) is 4.35. The molecule has 0 radical (unpaired) electrons. The second-order valence-electron chi connectivity index (χ2n) is 6.01. The number of fused-ring (bicyclic) bond motifs is 1. The normalized spacial score (nSPS) is 11.1. The molecule has 0 saturated carbocycles. The molecule has 0 spiro atoms. The summed E-state index contributed by atoms with van der Waals surface area (Å²) < 4.78 is 5.73. The molecule has 26 heavy (non-hydrogen) atoms. The highest BCUT2D eigenvalue weighted by atomic mass is 32.1. The fourth-order valence-electron chi connectivity index (χ4n) is 3.07. The van der Waals surface area contributed by atoms with E-state index >= 15 is 0 Å². The largest absolute Gasteiger partial charge is 0.453 e. The van der Waals surface area contributed by atoms with Crippen LogP contribution in [0.1, 0.15) is 10.4 Å². The van der Waals surface area contributed by atoms with Crippen molar-refractivity contribution in [1.29, 1.82) is 0 Å². The van der Waals surface area contributed by atoms with Gasteiger partial charge in [0.05, 0.1) is 12.7 Å². The highest BCUT2D eigenvalue weighted by Crippen LogP contribution is 2.39. The fourth-order valence-corrected chi connectivity index (χ4v) is 3.93. The van der Waals surface area contributed by atoms with Crippen molar-refractivity contribution >= 4 is 34.3 Å². The zero-order valence-corrected chi connectivity index (χ0v) is 15.4. The van der Waals surface area contributed by atoms with Crippen LogP contribution in [0.4, 0.5) is 0 Å². The lowest BCUT2D eigenvalue weighted by molar-refractivity contribution is 0.428. The maximum atomic E-state index is 5.73. The van der Waals surface area contributed by atoms with Gasteiger partial charge >= 0.3 is 5.06 Å². The van der Waals surface area contributed by atoms with Gasteiger partial charge in [0.15, 0.2) is 0 Å². The van der Waals surface area contributed by atoms with Crippen LogP contribution >= 0.6 is 11.3 Å². The molecule has 0 amide bonds. The van der Waals surface area contributed by atoms with Crippen molar-refractivity contribution in [3.63, 3.8) is 0 Å². The van der Waals surface area contributed by atoms with Gasteiger partial charge in [-0.2, -0.15) is 0 Å². The summed E-state index contributed by atoms with van der Waals surface area (Å²) in [4.78, 5) is 1.16. The number of rotatable bonds is 4. The van der Waals surface area contributed by atoms with Gasteiger partial charge in [-0.3, -0.25) is 0 Å². The summed E-state index contributed by atoms with van der Waals surface area (Å²) in [6, 6.07) is 29.5. The molecule has 0 unspecified atom stereocenters. The first kappa shape index (κ1) is 16.5. The van der Waals surface area contributed by atoms with Gasteiger partial charge in [0, 0.05) is 12.1 Å². The standard InChI is InChI=1S/C24H19OS/c1-25-24-23(22-13-7-11-19-10-5-6-12-21(19)22)17-16-20(26-24)15-14-18-8-3-2-4-9-18/h2-17H,1H3/q+1. The van der Waals surface area contributed by atoms with Gasteiger partial charge < -0.3 is 4.74 Å². The molecule has 0 atom stereocenters. The van der Waals surface area contributed by atoms with Crippen molar-refractivity contribution < 1.29 is 4.74 Å². The topological polar surface area (TPSA) is 9.23 Å². The van der Waals surface area contributed by atoms with E-state index in [9.17, 15) is 0 Å². The minimum atomic E-state index is 0.927. The first-order chi connectivity index (χ1) is 12.8. The van der Waals surface area contributed by atoms with Gasteiger partial charge in [0.2, 0.25) is 4.88 Å². The van der Waals surface area contributed by atoms with Crippen molar-refractivity contribution in [2.24, 2.45) is 0 Å². The Morgan fingerprint density at radius 3 is 2.31 bits per heavy atom. The van der Waals surface area contributed by atoms with Crippen molar-refractivity contribution in [2.75, 3.05) is 7.11 Å². The molecule has 0 fully saturated rings. The second-order valence-corrected chi connectivity index (χ2v) is 7.06. The van der Waals surface area contributed by atoms with Crippen LogP contribution in [0.15, 0.2) is 84.9 Å². The van der Waals surface area contributed by atoms with E-state index in [0.29, 0.717) is 0 Å². The van der Waals surface area contributed by atoms with E-state index in [-0.39, 0.29) is 0 Å². The van der Waals surface area contributed by atoms with Gasteiger partial charge in [-0.1, -0.05) is 72.8 Å². The van der Waals surface area contributed by atoms with Gasteiger partial charge in [-0.15, -0.1) is 0 Å². The molecule has 4 aromatic rings. The molecule has 0 aliphatic heterocycles. The van der Waals surface area contributed by atoms with Crippen LogP contribution in [0.25, 0.3) is 34.1 Å². The highest BCUT2D eigenvalue weighted by Gasteiger charge is 2.20. The van der Waals surface area contributed by atoms with Crippen LogP contribution in [-0.4, -0.2) is 7.11 Å². The molecular formula is C24H19OS+. The minimum Gasteiger partial charge on any atom is -0.453 e. The van der Waals surface area contributed by atoms with Crippen LogP contribution in [0, 0.1) is 0 Å². The van der Waals surface area contributed by atoms with Gasteiger partial charge in [0.25, 0.3) is 11.3 Å². The Labute approximate surface area is 157 Å². The molecule has 0 aliphatic rings. The molecule has 126 valence electrons. The number of methoxy groups -OCH3 is 1. The van der Waals surface area contributed by atoms with E-state index in [4.69, 9.17) is 4.74 Å². The zero-order chi connectivity index (χ0) is 17.8. The lowest BCUT2D eigenvalue weighted by atomic mass is 10.00. The molecule has 1 aromatic heterocycles. The van der Waals surface area contributed by atoms with E-state index < -0.39 is 0 Å². The Balaban J connectivity index is 1.75. The summed E-state index contributed by atoms with van der Waals surface area (Å²) in [7, 11) is 1.74. The van der Waals surface area contributed by atoms with Crippen LogP contribution in [-0.2, 0) is 0 Å². The van der Waals surface area contributed by atoms with E-state index in [1.807, 2.05) is 18.2 Å². The fraction of sp³-hybridized carbons (Fsp3) is 0.0417. The smallest absolute Gasteiger partial charge is 0.393 e. The van der Waals surface area contributed by atoms with Gasteiger partial charge in [0.1, 0.15) is 0 Å². The summed E-state index contributed by atoms with van der Waals surface area (Å²) in [5.41, 5.74) is 3.53. The number of hydrogen-bond donors (Lipinski definition) is 0. The Kier molecular flexibility index (Phi) is 4.76. The van der Waals surface area contributed by atoms with E-state index in [1.54, 1.807) is 18.4 Å². The lowest BCUT2D eigenvalue weighted by Gasteiger charge is -2.06. The molecule has 1 nitrogen and oxygen atoms in total.